The second-order valence-electron chi connectivity index (χ2n) is 12.1. The van der Waals surface area contributed by atoms with E-state index in [1.165, 1.54) is 24.4 Å². The second-order valence-corrected chi connectivity index (χ2v) is 13.9. The predicted octanol–water partition coefficient (Wildman–Crippen LogP) is 6.15. The summed E-state index contributed by atoms with van der Waals surface area (Å²) in [5, 5.41) is 13.8. The van der Waals surface area contributed by atoms with Gasteiger partial charge < -0.3 is 15.2 Å². The summed E-state index contributed by atoms with van der Waals surface area (Å²) in [6.45, 7) is 1.86. The molecule has 8 rings (SSSR count). The van der Waals surface area contributed by atoms with Gasteiger partial charge in [0.25, 0.3) is 10.0 Å². The maximum absolute atomic E-state index is 14.7. The Labute approximate surface area is 265 Å². The standard InChI is InChI=1S/C34H32FN5O5S/c1-19-3-13-25(14-4-19)46(43,44)40-18-27(26-15-23(35)17-36-33(26)40)32-37-28(20-9-11-24(45-2)12-10-20)16-29(39-32)38-31-22-7-5-21(6-8-22)30(31)34(41)42/h3-4,9-18,21-22,30-31H,5-8H2,1-2H3,(H,41,42)(H,37,38,39). The van der Waals surface area contributed by atoms with Crippen LogP contribution in [0.15, 0.2) is 78.0 Å². The van der Waals surface area contributed by atoms with Crippen molar-refractivity contribution in [2.24, 2.45) is 17.8 Å². The van der Waals surface area contributed by atoms with E-state index in [2.05, 4.69) is 10.3 Å². The second kappa shape index (κ2) is 11.5. The van der Waals surface area contributed by atoms with E-state index < -0.39 is 27.7 Å². The lowest BCUT2D eigenvalue weighted by atomic mass is 9.61. The van der Waals surface area contributed by atoms with Crippen LogP contribution in [0.25, 0.3) is 33.7 Å². The average Bonchev–Trinajstić information content (AvgIpc) is 3.45. The predicted molar refractivity (Wildman–Crippen MR) is 170 cm³/mol. The fourth-order valence-corrected chi connectivity index (χ4v) is 8.30. The molecule has 3 saturated carbocycles. The number of halogens is 1. The molecule has 2 N–H and O–H groups in total. The van der Waals surface area contributed by atoms with Crippen LogP contribution < -0.4 is 10.1 Å². The van der Waals surface area contributed by atoms with Gasteiger partial charge in [0.1, 0.15) is 17.4 Å². The summed E-state index contributed by atoms with van der Waals surface area (Å²) >= 11 is 0. The van der Waals surface area contributed by atoms with E-state index in [1.807, 2.05) is 19.1 Å². The number of carbonyl (C=O) groups is 1. The van der Waals surface area contributed by atoms with Gasteiger partial charge in [-0.25, -0.2) is 31.7 Å². The Balaban J connectivity index is 1.40. The maximum Gasteiger partial charge on any atom is 0.308 e. The maximum atomic E-state index is 14.7. The van der Waals surface area contributed by atoms with Crippen molar-refractivity contribution in [3.05, 3.63) is 84.4 Å². The lowest BCUT2D eigenvalue weighted by molar-refractivity contribution is -0.148. The number of fused-ring (bicyclic) bond motifs is 4. The lowest BCUT2D eigenvalue weighted by Crippen LogP contribution is -2.51. The van der Waals surface area contributed by atoms with Crippen LogP contribution in [-0.4, -0.2) is 51.6 Å². The van der Waals surface area contributed by atoms with Crippen molar-refractivity contribution >= 4 is 32.8 Å². The molecule has 5 aromatic rings. The zero-order valence-corrected chi connectivity index (χ0v) is 26.0. The zero-order chi connectivity index (χ0) is 32.2. The van der Waals surface area contributed by atoms with Gasteiger partial charge in [0, 0.05) is 34.8 Å². The van der Waals surface area contributed by atoms with Crippen molar-refractivity contribution < 1.29 is 27.4 Å². The van der Waals surface area contributed by atoms with Gasteiger partial charge in [0.05, 0.1) is 29.8 Å². The largest absolute Gasteiger partial charge is 0.497 e. The normalized spacial score (nSPS) is 20.9. The molecule has 10 nitrogen and oxygen atoms in total. The quantitative estimate of drug-likeness (QED) is 0.204. The summed E-state index contributed by atoms with van der Waals surface area (Å²) < 4.78 is 48.7. The number of carboxylic acid groups (broad SMARTS) is 1. The molecule has 2 unspecified atom stereocenters. The van der Waals surface area contributed by atoms with Gasteiger partial charge in [-0.15, -0.1) is 0 Å². The first-order valence-electron chi connectivity index (χ1n) is 15.1. The molecule has 46 heavy (non-hydrogen) atoms. The van der Waals surface area contributed by atoms with Gasteiger partial charge in [-0.2, -0.15) is 0 Å². The summed E-state index contributed by atoms with van der Waals surface area (Å²) in [6.07, 6.45) is 5.99. The van der Waals surface area contributed by atoms with Crippen LogP contribution >= 0.6 is 0 Å². The van der Waals surface area contributed by atoms with E-state index in [1.54, 1.807) is 37.4 Å². The minimum atomic E-state index is -4.13. The summed E-state index contributed by atoms with van der Waals surface area (Å²) in [6, 6.07) is 16.3. The van der Waals surface area contributed by atoms with E-state index >= 15 is 0 Å². The molecule has 3 aromatic heterocycles. The number of benzene rings is 2. The van der Waals surface area contributed by atoms with Crippen LogP contribution in [0, 0.1) is 30.5 Å². The third kappa shape index (κ3) is 5.26. The molecule has 0 radical (unpaired) electrons. The molecule has 0 saturated heterocycles. The van der Waals surface area contributed by atoms with Crippen molar-refractivity contribution in [2.45, 2.75) is 43.5 Å². The molecule has 0 amide bonds. The van der Waals surface area contributed by atoms with Crippen molar-refractivity contribution in [1.29, 1.82) is 0 Å². The molecule has 3 fully saturated rings. The van der Waals surface area contributed by atoms with Gasteiger partial charge in [-0.1, -0.05) is 17.7 Å². The summed E-state index contributed by atoms with van der Waals surface area (Å²) in [4.78, 5) is 26.2. The molecule has 3 aliphatic carbocycles. The van der Waals surface area contributed by atoms with Crippen LogP contribution in [0.3, 0.4) is 0 Å². The molecule has 2 atom stereocenters. The fraction of sp³-hybridized carbons (Fsp3) is 0.294. The number of anilines is 1. The highest BCUT2D eigenvalue weighted by molar-refractivity contribution is 7.90. The molecule has 12 heteroatoms. The number of aliphatic carboxylic acids is 1. The molecule has 3 aliphatic rings. The number of methoxy groups -OCH3 is 1. The number of pyridine rings is 1. The van der Waals surface area contributed by atoms with Crippen LogP contribution in [0.2, 0.25) is 0 Å². The first-order chi connectivity index (χ1) is 22.1. The molecule has 0 aliphatic heterocycles. The minimum Gasteiger partial charge on any atom is -0.497 e. The Morgan fingerprint density at radius 1 is 1.00 bits per heavy atom. The van der Waals surface area contributed by atoms with Crippen molar-refractivity contribution in [2.75, 3.05) is 12.4 Å². The van der Waals surface area contributed by atoms with Gasteiger partial charge >= 0.3 is 5.97 Å². The van der Waals surface area contributed by atoms with Crippen LogP contribution in [0.5, 0.6) is 5.75 Å². The highest BCUT2D eigenvalue weighted by Crippen LogP contribution is 2.46. The summed E-state index contributed by atoms with van der Waals surface area (Å²) in [5.74, 6) is -0.589. The highest BCUT2D eigenvalue weighted by atomic mass is 32.2. The minimum absolute atomic E-state index is 0.0282. The molecule has 0 spiro atoms. The first-order valence-corrected chi connectivity index (χ1v) is 16.6. The Morgan fingerprint density at radius 2 is 1.70 bits per heavy atom. The number of hydrogen-bond acceptors (Lipinski definition) is 8. The number of rotatable bonds is 8. The highest BCUT2D eigenvalue weighted by Gasteiger charge is 2.47. The van der Waals surface area contributed by atoms with E-state index in [4.69, 9.17) is 14.7 Å². The number of aromatic nitrogens is 4. The van der Waals surface area contributed by atoms with Crippen LogP contribution in [-0.2, 0) is 14.8 Å². The molecule has 236 valence electrons. The summed E-state index contributed by atoms with van der Waals surface area (Å²) in [7, 11) is -2.55. The smallest absolute Gasteiger partial charge is 0.308 e. The van der Waals surface area contributed by atoms with Gasteiger partial charge in [-0.3, -0.25) is 4.79 Å². The monoisotopic (exact) mass is 641 g/mol. The number of carboxylic acids is 1. The number of nitrogens with zero attached hydrogens (tertiary/aromatic N) is 4. The summed E-state index contributed by atoms with van der Waals surface area (Å²) in [5.41, 5.74) is 2.43. The third-order valence-corrected chi connectivity index (χ3v) is 11.0. The number of aryl methyl sites for hydroxylation is 1. The Morgan fingerprint density at radius 3 is 2.37 bits per heavy atom. The van der Waals surface area contributed by atoms with Crippen LogP contribution in [0.1, 0.15) is 31.2 Å². The van der Waals surface area contributed by atoms with Gasteiger partial charge in [0.2, 0.25) is 0 Å². The van der Waals surface area contributed by atoms with E-state index in [-0.39, 0.29) is 45.2 Å². The van der Waals surface area contributed by atoms with E-state index in [9.17, 15) is 22.7 Å². The molecular weight excluding hydrogens is 609 g/mol. The van der Waals surface area contributed by atoms with Crippen molar-refractivity contribution in [3.8, 4) is 28.4 Å². The Hall–Kier alpha value is -4.84. The number of ether oxygens (including phenoxy) is 1. The molecule has 2 bridgehead atoms. The van der Waals surface area contributed by atoms with E-state index in [0.29, 0.717) is 17.3 Å². The zero-order valence-electron chi connectivity index (χ0n) is 25.2. The lowest BCUT2D eigenvalue weighted by Gasteiger charge is -2.47. The topological polar surface area (TPSA) is 136 Å². The van der Waals surface area contributed by atoms with Crippen molar-refractivity contribution in [3.63, 3.8) is 0 Å². The average molecular weight is 642 g/mol. The Bertz CT molecular complexity index is 2060. The molecule has 2 aromatic carbocycles. The van der Waals surface area contributed by atoms with Gasteiger partial charge in [-0.05, 0) is 86.9 Å². The van der Waals surface area contributed by atoms with Gasteiger partial charge in [0.15, 0.2) is 11.5 Å². The molecule has 3 heterocycles. The fourth-order valence-electron chi connectivity index (χ4n) is 6.97. The Kier molecular flexibility index (Phi) is 7.47. The van der Waals surface area contributed by atoms with Crippen LogP contribution in [0.4, 0.5) is 10.2 Å². The number of nitrogens with one attached hydrogen (secondary N) is 1. The first kappa shape index (κ1) is 29.8. The third-order valence-electron chi connectivity index (χ3n) is 9.33. The number of hydrogen-bond donors (Lipinski definition) is 2. The van der Waals surface area contributed by atoms with E-state index in [0.717, 1.165) is 47.0 Å². The van der Waals surface area contributed by atoms with Crippen molar-refractivity contribution in [1.82, 2.24) is 18.9 Å². The molecular formula is C34H32FN5O5S. The SMILES string of the molecule is COc1ccc(-c2cc(NC3C4CCC(CC4)C3C(=O)O)nc(-c3cn(S(=O)(=O)c4ccc(C)cc4)c4ncc(F)cc34)n2)cc1.